The summed E-state index contributed by atoms with van der Waals surface area (Å²) >= 11 is 0. The number of hydrogen-bond donors (Lipinski definition) is 1. The van der Waals surface area contributed by atoms with E-state index in [1.165, 1.54) is 25.7 Å². The van der Waals surface area contributed by atoms with E-state index in [1.54, 1.807) is 0 Å². The van der Waals surface area contributed by atoms with Crippen LogP contribution in [0.3, 0.4) is 0 Å². The van der Waals surface area contributed by atoms with Crippen LogP contribution in [0.1, 0.15) is 39.5 Å². The highest BCUT2D eigenvalue weighted by Crippen LogP contribution is 2.38. The minimum absolute atomic E-state index is 0.566. The molecule has 2 saturated heterocycles. The Bertz CT molecular complexity index is 220. The molecule has 0 spiro atoms. The van der Waals surface area contributed by atoms with Crippen molar-refractivity contribution in [2.75, 3.05) is 26.8 Å². The third-order valence-electron chi connectivity index (χ3n) is 4.67. The van der Waals surface area contributed by atoms with Crippen molar-refractivity contribution in [1.29, 1.82) is 0 Å². The van der Waals surface area contributed by atoms with Crippen LogP contribution in [0.4, 0.5) is 0 Å². The van der Waals surface area contributed by atoms with Crippen molar-refractivity contribution in [3.63, 3.8) is 0 Å². The number of hydrogen-bond acceptors (Lipinski definition) is 3. The van der Waals surface area contributed by atoms with Gasteiger partial charge in [0, 0.05) is 24.7 Å². The highest BCUT2D eigenvalue weighted by atomic mass is 16.5. The summed E-state index contributed by atoms with van der Waals surface area (Å²) in [5.74, 6) is 0.815. The van der Waals surface area contributed by atoms with E-state index in [2.05, 4.69) is 31.1 Å². The summed E-state index contributed by atoms with van der Waals surface area (Å²) in [4.78, 5) is 2.61. The summed E-state index contributed by atoms with van der Waals surface area (Å²) in [6.45, 7) is 7.06. The first kappa shape index (κ1) is 13.3. The van der Waals surface area contributed by atoms with Crippen LogP contribution in [0.5, 0.6) is 0 Å². The molecule has 100 valence electrons. The van der Waals surface area contributed by atoms with Gasteiger partial charge in [-0.25, -0.2) is 0 Å². The first-order valence-electron chi connectivity index (χ1n) is 7.29. The second-order valence-corrected chi connectivity index (χ2v) is 5.61. The summed E-state index contributed by atoms with van der Waals surface area (Å²) < 4.78 is 5.64. The molecule has 3 heteroatoms. The lowest BCUT2D eigenvalue weighted by molar-refractivity contribution is 0.0617. The molecule has 3 nitrogen and oxygen atoms in total. The zero-order valence-corrected chi connectivity index (χ0v) is 11.6. The Balaban J connectivity index is 1.91. The molecular formula is C14H28N2O. The Morgan fingerprint density at radius 2 is 1.88 bits per heavy atom. The third-order valence-corrected chi connectivity index (χ3v) is 4.67. The van der Waals surface area contributed by atoms with E-state index in [9.17, 15) is 0 Å². The van der Waals surface area contributed by atoms with Crippen molar-refractivity contribution < 1.29 is 4.74 Å². The number of fused-ring (bicyclic) bond motifs is 2. The van der Waals surface area contributed by atoms with Gasteiger partial charge in [0.05, 0.1) is 6.61 Å². The largest absolute Gasteiger partial charge is 0.380 e. The summed E-state index contributed by atoms with van der Waals surface area (Å²) in [5.41, 5.74) is 0. The van der Waals surface area contributed by atoms with Gasteiger partial charge in [0.25, 0.3) is 0 Å². The van der Waals surface area contributed by atoms with Gasteiger partial charge in [0.1, 0.15) is 0 Å². The molecule has 1 N–H and O–H groups in total. The number of nitrogens with one attached hydrogen (secondary N) is 1. The fourth-order valence-corrected chi connectivity index (χ4v) is 3.65. The van der Waals surface area contributed by atoms with E-state index < -0.39 is 0 Å². The van der Waals surface area contributed by atoms with Crippen LogP contribution >= 0.6 is 0 Å². The highest BCUT2D eigenvalue weighted by Gasteiger charge is 2.40. The third kappa shape index (κ3) is 3.01. The van der Waals surface area contributed by atoms with Crippen molar-refractivity contribution in [3.05, 3.63) is 0 Å². The molecule has 2 aliphatic rings. The molecule has 17 heavy (non-hydrogen) atoms. The van der Waals surface area contributed by atoms with Crippen molar-refractivity contribution in [1.82, 2.24) is 10.2 Å². The lowest BCUT2D eigenvalue weighted by atomic mass is 9.85. The normalized spacial score (nSPS) is 35.1. The predicted molar refractivity (Wildman–Crippen MR) is 71.3 cm³/mol. The first-order chi connectivity index (χ1) is 8.26. The van der Waals surface area contributed by atoms with Crippen LogP contribution in [0.2, 0.25) is 0 Å². The van der Waals surface area contributed by atoms with Crippen molar-refractivity contribution >= 4 is 0 Å². The smallest absolute Gasteiger partial charge is 0.0622 e. The molecule has 2 rings (SSSR count). The maximum atomic E-state index is 5.64. The summed E-state index contributed by atoms with van der Waals surface area (Å²) in [6.07, 6.45) is 5.53. The lowest BCUT2D eigenvalue weighted by Crippen LogP contribution is -2.48. The summed E-state index contributed by atoms with van der Waals surface area (Å²) in [7, 11) is 2.31. The van der Waals surface area contributed by atoms with Crippen LogP contribution in [-0.2, 0) is 4.74 Å². The quantitative estimate of drug-likeness (QED) is 0.767. The lowest BCUT2D eigenvalue weighted by Gasteiger charge is -2.40. The average molecular weight is 240 g/mol. The van der Waals surface area contributed by atoms with Gasteiger partial charge in [-0.3, -0.25) is 0 Å². The predicted octanol–water partition coefficient (Wildman–Crippen LogP) is 1.87. The Kier molecular flexibility index (Phi) is 4.83. The number of ether oxygens (including phenoxy) is 1. The molecule has 2 bridgehead atoms. The summed E-state index contributed by atoms with van der Waals surface area (Å²) in [5, 5.41) is 3.63. The molecule has 0 aromatic carbocycles. The van der Waals surface area contributed by atoms with Crippen molar-refractivity contribution in [2.45, 2.75) is 57.7 Å². The fraction of sp³-hybridized carbons (Fsp3) is 1.00. The van der Waals surface area contributed by atoms with Gasteiger partial charge < -0.3 is 15.0 Å². The SMILES string of the molecule is CCNC(COCC)C1CC2CCC(C1)N2C. The van der Waals surface area contributed by atoms with Crippen LogP contribution in [0.15, 0.2) is 0 Å². The Hall–Kier alpha value is -0.120. The molecule has 0 aliphatic carbocycles. The van der Waals surface area contributed by atoms with E-state index in [1.807, 2.05) is 0 Å². The van der Waals surface area contributed by atoms with E-state index in [4.69, 9.17) is 4.74 Å². The van der Waals surface area contributed by atoms with Gasteiger partial charge in [-0.2, -0.15) is 0 Å². The standard InChI is InChI=1S/C14H28N2O/c1-4-15-14(10-17-5-2)11-8-12-6-7-13(9-11)16(12)3/h11-15H,4-10H2,1-3H3. The minimum atomic E-state index is 0.566. The molecule has 3 unspecified atom stereocenters. The molecule has 0 aromatic rings. The van der Waals surface area contributed by atoms with Crippen LogP contribution in [-0.4, -0.2) is 49.8 Å². The topological polar surface area (TPSA) is 24.5 Å². The molecule has 2 heterocycles. The molecule has 2 fully saturated rings. The highest BCUT2D eigenvalue weighted by molar-refractivity contribution is 4.96. The average Bonchev–Trinajstić information content (AvgIpc) is 2.56. The molecule has 0 saturated carbocycles. The van der Waals surface area contributed by atoms with Gasteiger partial charge >= 0.3 is 0 Å². The van der Waals surface area contributed by atoms with Gasteiger partial charge in [-0.05, 0) is 52.1 Å². The molecular weight excluding hydrogens is 212 g/mol. The minimum Gasteiger partial charge on any atom is -0.380 e. The van der Waals surface area contributed by atoms with Crippen molar-refractivity contribution in [3.8, 4) is 0 Å². The van der Waals surface area contributed by atoms with Gasteiger partial charge in [0.2, 0.25) is 0 Å². The Labute approximate surface area is 106 Å². The molecule has 0 amide bonds. The van der Waals surface area contributed by atoms with E-state index in [0.717, 1.165) is 37.8 Å². The summed E-state index contributed by atoms with van der Waals surface area (Å²) in [6, 6.07) is 2.24. The molecule has 2 aliphatic heterocycles. The second-order valence-electron chi connectivity index (χ2n) is 5.61. The van der Waals surface area contributed by atoms with Crippen LogP contribution in [0, 0.1) is 5.92 Å². The van der Waals surface area contributed by atoms with E-state index >= 15 is 0 Å². The monoisotopic (exact) mass is 240 g/mol. The zero-order valence-electron chi connectivity index (χ0n) is 11.6. The zero-order chi connectivity index (χ0) is 12.3. The van der Waals surface area contributed by atoms with Crippen LogP contribution < -0.4 is 5.32 Å². The van der Waals surface area contributed by atoms with E-state index in [-0.39, 0.29) is 0 Å². The second kappa shape index (κ2) is 6.17. The van der Waals surface area contributed by atoms with Crippen LogP contribution in [0.25, 0.3) is 0 Å². The number of piperidine rings is 1. The number of rotatable bonds is 6. The molecule has 0 radical (unpaired) electrons. The Morgan fingerprint density at radius 1 is 1.24 bits per heavy atom. The van der Waals surface area contributed by atoms with Gasteiger partial charge in [-0.1, -0.05) is 6.92 Å². The molecule has 3 atom stereocenters. The Morgan fingerprint density at radius 3 is 2.41 bits per heavy atom. The number of nitrogens with zero attached hydrogens (tertiary/aromatic N) is 1. The van der Waals surface area contributed by atoms with E-state index in [0.29, 0.717) is 6.04 Å². The van der Waals surface area contributed by atoms with Crippen molar-refractivity contribution in [2.24, 2.45) is 5.92 Å². The molecule has 0 aromatic heterocycles. The number of likely N-dealkylation sites (N-methyl/N-ethyl adjacent to an activating group) is 1. The van der Waals surface area contributed by atoms with Gasteiger partial charge in [0.15, 0.2) is 0 Å². The maximum absolute atomic E-state index is 5.64. The fourth-order valence-electron chi connectivity index (χ4n) is 3.65. The maximum Gasteiger partial charge on any atom is 0.0622 e. The first-order valence-corrected chi connectivity index (χ1v) is 7.29. The van der Waals surface area contributed by atoms with Gasteiger partial charge in [-0.15, -0.1) is 0 Å².